The van der Waals surface area contributed by atoms with Crippen molar-refractivity contribution in [3.05, 3.63) is 51.0 Å². The molecule has 0 aliphatic rings. The number of aromatic nitrogens is 2. The van der Waals surface area contributed by atoms with E-state index >= 15 is 0 Å². The molecule has 0 amide bonds. The van der Waals surface area contributed by atoms with Crippen LogP contribution in [0.3, 0.4) is 0 Å². The Morgan fingerprint density at radius 2 is 1.89 bits per heavy atom. The standard InChI is InChI=1S/C13H14N2O2S/c1-8(2)9-3-5-10(6-4-9)15-12(17)7-11(16)14-13(15)18/h3-8,17H,1-2H3,(H,14,16,18). The highest BCUT2D eigenvalue weighted by Crippen LogP contribution is 2.19. The molecule has 0 unspecified atom stereocenters. The Kier molecular flexibility index (Phi) is 3.34. The molecule has 0 aliphatic heterocycles. The van der Waals surface area contributed by atoms with E-state index in [1.165, 1.54) is 10.1 Å². The lowest BCUT2D eigenvalue weighted by Gasteiger charge is -2.10. The van der Waals surface area contributed by atoms with Crippen LogP contribution in [0.25, 0.3) is 5.69 Å². The Bertz CT molecular complexity index is 669. The quantitative estimate of drug-likeness (QED) is 0.818. The van der Waals surface area contributed by atoms with Crippen molar-refractivity contribution in [3.8, 4) is 11.6 Å². The third-order valence-electron chi connectivity index (χ3n) is 2.74. The van der Waals surface area contributed by atoms with E-state index in [0.29, 0.717) is 5.92 Å². The Morgan fingerprint density at radius 3 is 2.39 bits per heavy atom. The topological polar surface area (TPSA) is 58.0 Å². The molecular weight excluding hydrogens is 248 g/mol. The van der Waals surface area contributed by atoms with Gasteiger partial charge < -0.3 is 5.11 Å². The molecule has 0 spiro atoms. The number of rotatable bonds is 2. The van der Waals surface area contributed by atoms with E-state index in [1.54, 1.807) is 0 Å². The Hall–Kier alpha value is -1.88. The van der Waals surface area contributed by atoms with Crippen molar-refractivity contribution < 1.29 is 5.11 Å². The molecule has 0 atom stereocenters. The third kappa shape index (κ3) is 2.36. The van der Waals surface area contributed by atoms with Gasteiger partial charge in [-0.25, -0.2) is 0 Å². The molecule has 2 aromatic rings. The first kappa shape index (κ1) is 12.6. The highest BCUT2D eigenvalue weighted by molar-refractivity contribution is 7.71. The lowest BCUT2D eigenvalue weighted by molar-refractivity contribution is 0.433. The second kappa shape index (κ2) is 4.78. The van der Waals surface area contributed by atoms with Gasteiger partial charge >= 0.3 is 0 Å². The summed E-state index contributed by atoms with van der Waals surface area (Å²) in [4.78, 5) is 13.6. The average molecular weight is 262 g/mol. The Morgan fingerprint density at radius 1 is 1.28 bits per heavy atom. The maximum atomic E-state index is 11.1. The van der Waals surface area contributed by atoms with Gasteiger partial charge in [-0.3, -0.25) is 14.3 Å². The van der Waals surface area contributed by atoms with Crippen LogP contribution in [-0.2, 0) is 0 Å². The molecule has 4 nitrogen and oxygen atoms in total. The van der Waals surface area contributed by atoms with Gasteiger partial charge in [-0.1, -0.05) is 26.0 Å². The van der Waals surface area contributed by atoms with Crippen molar-refractivity contribution in [3.63, 3.8) is 0 Å². The molecule has 0 radical (unpaired) electrons. The lowest BCUT2D eigenvalue weighted by atomic mass is 10.0. The van der Waals surface area contributed by atoms with Crippen LogP contribution in [0.15, 0.2) is 35.1 Å². The van der Waals surface area contributed by atoms with Crippen molar-refractivity contribution in [2.45, 2.75) is 19.8 Å². The SMILES string of the molecule is CC(C)c1ccc(-n2c(O)cc(=O)[nH]c2=S)cc1. The zero-order valence-corrected chi connectivity index (χ0v) is 11.0. The molecule has 0 bridgehead atoms. The van der Waals surface area contributed by atoms with Crippen LogP contribution in [0.4, 0.5) is 0 Å². The largest absolute Gasteiger partial charge is 0.494 e. The van der Waals surface area contributed by atoms with E-state index in [2.05, 4.69) is 18.8 Å². The van der Waals surface area contributed by atoms with Gasteiger partial charge in [0.25, 0.3) is 5.56 Å². The monoisotopic (exact) mass is 262 g/mol. The summed E-state index contributed by atoms with van der Waals surface area (Å²) in [6.45, 7) is 4.22. The zero-order chi connectivity index (χ0) is 13.3. The molecule has 1 aromatic heterocycles. The van der Waals surface area contributed by atoms with E-state index < -0.39 is 5.56 Å². The minimum absolute atomic E-state index is 0.166. The van der Waals surface area contributed by atoms with Crippen molar-refractivity contribution in [2.75, 3.05) is 0 Å². The molecule has 1 aromatic carbocycles. The minimum atomic E-state index is -0.410. The molecule has 0 fully saturated rings. The molecular formula is C13H14N2O2S. The Balaban J connectivity index is 2.56. The molecule has 94 valence electrons. The number of hydrogen-bond acceptors (Lipinski definition) is 3. The lowest BCUT2D eigenvalue weighted by Crippen LogP contribution is -2.10. The van der Waals surface area contributed by atoms with Crippen molar-refractivity contribution in [1.82, 2.24) is 9.55 Å². The summed E-state index contributed by atoms with van der Waals surface area (Å²) >= 11 is 5.04. The van der Waals surface area contributed by atoms with Crippen LogP contribution in [0.2, 0.25) is 0 Å². The molecule has 2 N–H and O–H groups in total. The van der Waals surface area contributed by atoms with E-state index in [1.807, 2.05) is 24.3 Å². The number of nitrogens with zero attached hydrogens (tertiary/aromatic N) is 1. The molecule has 2 rings (SSSR count). The van der Waals surface area contributed by atoms with Gasteiger partial charge in [0.05, 0.1) is 11.8 Å². The van der Waals surface area contributed by atoms with Crippen molar-refractivity contribution >= 4 is 12.2 Å². The summed E-state index contributed by atoms with van der Waals surface area (Å²) in [5, 5.41) is 9.78. The second-order valence-corrected chi connectivity index (χ2v) is 4.77. The van der Waals surface area contributed by atoms with Crippen LogP contribution in [0, 0.1) is 4.77 Å². The summed E-state index contributed by atoms with van der Waals surface area (Å²) in [6, 6.07) is 8.79. The maximum absolute atomic E-state index is 11.1. The fourth-order valence-electron chi connectivity index (χ4n) is 1.74. The summed E-state index contributed by atoms with van der Waals surface area (Å²) in [5.74, 6) is 0.275. The van der Waals surface area contributed by atoms with E-state index in [4.69, 9.17) is 12.2 Å². The first-order valence-electron chi connectivity index (χ1n) is 5.64. The Labute approximate surface area is 110 Å². The zero-order valence-electron chi connectivity index (χ0n) is 10.2. The van der Waals surface area contributed by atoms with Crippen LogP contribution < -0.4 is 5.56 Å². The van der Waals surface area contributed by atoms with Gasteiger partial charge in [-0.05, 0) is 35.8 Å². The van der Waals surface area contributed by atoms with Crippen molar-refractivity contribution in [2.24, 2.45) is 0 Å². The predicted octanol–water partition coefficient (Wildman–Crippen LogP) is 2.72. The van der Waals surface area contributed by atoms with E-state index in [-0.39, 0.29) is 10.7 Å². The number of hydrogen-bond donors (Lipinski definition) is 2. The summed E-state index contributed by atoms with van der Waals surface area (Å²) in [5.41, 5.74) is 1.51. The van der Waals surface area contributed by atoms with Gasteiger partial charge in [0.1, 0.15) is 0 Å². The van der Waals surface area contributed by atoms with Crippen LogP contribution in [0.5, 0.6) is 5.88 Å². The molecule has 0 aliphatic carbocycles. The summed E-state index contributed by atoms with van der Waals surface area (Å²) in [7, 11) is 0. The molecule has 0 saturated heterocycles. The summed E-state index contributed by atoms with van der Waals surface area (Å²) in [6.07, 6.45) is 0. The highest BCUT2D eigenvalue weighted by atomic mass is 32.1. The number of benzene rings is 1. The first-order chi connectivity index (χ1) is 8.49. The van der Waals surface area contributed by atoms with Gasteiger partial charge in [-0.2, -0.15) is 0 Å². The number of aromatic amines is 1. The third-order valence-corrected chi connectivity index (χ3v) is 3.03. The predicted molar refractivity (Wildman–Crippen MR) is 73.0 cm³/mol. The molecule has 18 heavy (non-hydrogen) atoms. The number of nitrogens with one attached hydrogen (secondary N) is 1. The number of H-pyrrole nitrogens is 1. The first-order valence-corrected chi connectivity index (χ1v) is 6.05. The fourth-order valence-corrected chi connectivity index (χ4v) is 2.04. The van der Waals surface area contributed by atoms with Crippen LogP contribution in [0.1, 0.15) is 25.3 Å². The van der Waals surface area contributed by atoms with Gasteiger partial charge in [-0.15, -0.1) is 0 Å². The van der Waals surface area contributed by atoms with E-state index in [9.17, 15) is 9.90 Å². The molecule has 0 saturated carbocycles. The highest BCUT2D eigenvalue weighted by Gasteiger charge is 2.05. The van der Waals surface area contributed by atoms with E-state index in [0.717, 1.165) is 11.8 Å². The van der Waals surface area contributed by atoms with Gasteiger partial charge in [0.15, 0.2) is 4.77 Å². The maximum Gasteiger partial charge on any atom is 0.255 e. The van der Waals surface area contributed by atoms with Gasteiger partial charge in [0, 0.05) is 0 Å². The molecule has 1 heterocycles. The molecule has 5 heteroatoms. The van der Waals surface area contributed by atoms with Crippen molar-refractivity contribution in [1.29, 1.82) is 0 Å². The normalized spacial score (nSPS) is 10.8. The summed E-state index contributed by atoms with van der Waals surface area (Å²) < 4.78 is 1.60. The van der Waals surface area contributed by atoms with Crippen LogP contribution in [-0.4, -0.2) is 14.7 Å². The smallest absolute Gasteiger partial charge is 0.255 e. The number of aromatic hydroxyl groups is 1. The average Bonchev–Trinajstić information content (AvgIpc) is 2.28. The van der Waals surface area contributed by atoms with Gasteiger partial charge in [0.2, 0.25) is 5.88 Å². The minimum Gasteiger partial charge on any atom is -0.494 e. The van der Waals surface area contributed by atoms with Crippen LogP contribution >= 0.6 is 12.2 Å². The fraction of sp³-hybridized carbons (Fsp3) is 0.231. The second-order valence-electron chi connectivity index (χ2n) is 4.38.